The molecule has 0 aromatic carbocycles. The molecule has 1 aliphatic heterocycles. The Balaban J connectivity index is 3.01. The molecule has 0 saturated heterocycles. The maximum atomic E-state index is 11.3. The summed E-state index contributed by atoms with van der Waals surface area (Å²) in [5, 5.41) is 21.4. The van der Waals surface area contributed by atoms with Crippen molar-refractivity contribution in [2.24, 2.45) is 0 Å². The number of unbranched alkanes of at least 4 members (excludes halogenated alkanes) is 2. The monoisotopic (exact) mass is 267 g/mol. The average molecular weight is 267 g/mol. The summed E-state index contributed by atoms with van der Waals surface area (Å²) in [7, 11) is 0. The second kappa shape index (κ2) is 6.97. The lowest BCUT2D eigenvalue weighted by atomic mass is 10.0. The number of carboxylic acid groups (broad SMARTS) is 2. The fourth-order valence-corrected chi connectivity index (χ4v) is 1.95. The van der Waals surface area contributed by atoms with Crippen LogP contribution in [-0.4, -0.2) is 22.2 Å². The van der Waals surface area contributed by atoms with E-state index in [2.05, 4.69) is 12.2 Å². The van der Waals surface area contributed by atoms with Gasteiger partial charge in [0.1, 0.15) is 0 Å². The number of hydrogen-bond acceptors (Lipinski definition) is 3. The summed E-state index contributed by atoms with van der Waals surface area (Å²) in [6.07, 6.45) is 4.57. The molecule has 0 amide bonds. The second-order valence-electron chi connectivity index (χ2n) is 4.65. The fourth-order valence-electron chi connectivity index (χ4n) is 1.95. The van der Waals surface area contributed by atoms with Crippen LogP contribution in [0.15, 0.2) is 22.5 Å². The molecular weight excluding hydrogens is 246 g/mol. The summed E-state index contributed by atoms with van der Waals surface area (Å²) < 4.78 is 0. The number of allylic oxidation sites excluding steroid dienone is 1. The van der Waals surface area contributed by atoms with E-state index in [0.717, 1.165) is 31.4 Å². The maximum Gasteiger partial charge on any atom is 0.338 e. The molecule has 0 fully saturated rings. The van der Waals surface area contributed by atoms with Crippen LogP contribution in [0.25, 0.3) is 0 Å². The smallest absolute Gasteiger partial charge is 0.338 e. The molecule has 0 aromatic heterocycles. The van der Waals surface area contributed by atoms with E-state index in [9.17, 15) is 19.8 Å². The van der Waals surface area contributed by atoms with Crippen LogP contribution in [0.3, 0.4) is 0 Å². The summed E-state index contributed by atoms with van der Waals surface area (Å²) in [6.45, 7) is 4.00. The summed E-state index contributed by atoms with van der Waals surface area (Å²) in [5.41, 5.74) is 1.32. The predicted octanol–water partition coefficient (Wildman–Crippen LogP) is 2.65. The van der Waals surface area contributed by atoms with E-state index in [-0.39, 0.29) is 11.1 Å². The fraction of sp³-hybridized carbons (Fsp3) is 0.571. The second-order valence-corrected chi connectivity index (χ2v) is 4.65. The molecule has 5 nitrogen and oxygen atoms in total. The van der Waals surface area contributed by atoms with Crippen LogP contribution in [-0.2, 0) is 9.59 Å². The number of hydrogen-bond donors (Lipinski definition) is 3. The number of nitrogens with one attached hydrogen (secondary N) is 1. The van der Waals surface area contributed by atoms with E-state index < -0.39 is 11.9 Å². The SMILES string of the molecule is CCCCC1=C(/C(C(=O)O)=C(\CCCC)C(=O)O)N1. The molecule has 1 heterocycles. The Morgan fingerprint density at radius 2 is 1.68 bits per heavy atom. The van der Waals surface area contributed by atoms with Crippen molar-refractivity contribution in [2.75, 3.05) is 0 Å². The van der Waals surface area contributed by atoms with Gasteiger partial charge in [-0.05, 0) is 25.7 Å². The molecule has 0 aliphatic carbocycles. The number of aliphatic carboxylic acids is 2. The predicted molar refractivity (Wildman–Crippen MR) is 71.5 cm³/mol. The number of carboxylic acids is 2. The van der Waals surface area contributed by atoms with Crippen molar-refractivity contribution in [3.05, 3.63) is 22.5 Å². The minimum absolute atomic E-state index is 0.00310. The van der Waals surface area contributed by atoms with Crippen LogP contribution < -0.4 is 5.32 Å². The van der Waals surface area contributed by atoms with Gasteiger partial charge in [-0.1, -0.05) is 26.7 Å². The lowest BCUT2D eigenvalue weighted by Crippen LogP contribution is -2.12. The Morgan fingerprint density at radius 1 is 1.05 bits per heavy atom. The topological polar surface area (TPSA) is 96.5 Å². The summed E-state index contributed by atoms with van der Waals surface area (Å²) >= 11 is 0. The summed E-state index contributed by atoms with van der Waals surface area (Å²) in [5.74, 6) is -2.30. The van der Waals surface area contributed by atoms with E-state index in [1.807, 2.05) is 6.92 Å². The zero-order chi connectivity index (χ0) is 14.4. The first-order valence-electron chi connectivity index (χ1n) is 6.73. The van der Waals surface area contributed by atoms with Gasteiger partial charge < -0.3 is 15.5 Å². The van der Waals surface area contributed by atoms with Crippen LogP contribution in [0.5, 0.6) is 0 Å². The van der Waals surface area contributed by atoms with Gasteiger partial charge in [-0.3, -0.25) is 0 Å². The van der Waals surface area contributed by atoms with Gasteiger partial charge in [0, 0.05) is 5.70 Å². The zero-order valence-electron chi connectivity index (χ0n) is 11.5. The molecule has 0 saturated carbocycles. The molecule has 1 aliphatic rings. The molecule has 0 atom stereocenters. The molecule has 3 N–H and O–H groups in total. The highest BCUT2D eigenvalue weighted by Crippen LogP contribution is 2.31. The molecule has 5 heteroatoms. The largest absolute Gasteiger partial charge is 0.478 e. The van der Waals surface area contributed by atoms with Crippen molar-refractivity contribution in [1.29, 1.82) is 0 Å². The normalized spacial score (nSPS) is 14.8. The minimum atomic E-state index is -1.16. The maximum absolute atomic E-state index is 11.3. The molecular formula is C14H21NO4. The van der Waals surface area contributed by atoms with Crippen molar-refractivity contribution in [2.45, 2.75) is 52.4 Å². The van der Waals surface area contributed by atoms with E-state index in [0.29, 0.717) is 18.5 Å². The summed E-state index contributed by atoms with van der Waals surface area (Å²) in [6, 6.07) is 0. The Bertz CT molecular complexity index is 435. The van der Waals surface area contributed by atoms with Gasteiger partial charge in [0.05, 0.1) is 16.8 Å². The van der Waals surface area contributed by atoms with E-state index in [1.54, 1.807) is 0 Å². The minimum Gasteiger partial charge on any atom is -0.478 e. The third kappa shape index (κ3) is 4.12. The zero-order valence-corrected chi connectivity index (χ0v) is 11.5. The molecule has 0 spiro atoms. The first kappa shape index (κ1) is 15.3. The summed E-state index contributed by atoms with van der Waals surface area (Å²) in [4.78, 5) is 22.5. The van der Waals surface area contributed by atoms with Crippen LogP contribution in [0.1, 0.15) is 52.4 Å². The Morgan fingerprint density at radius 3 is 2.16 bits per heavy atom. The van der Waals surface area contributed by atoms with Crippen LogP contribution in [0.4, 0.5) is 0 Å². The van der Waals surface area contributed by atoms with Crippen molar-refractivity contribution < 1.29 is 19.8 Å². The van der Waals surface area contributed by atoms with Gasteiger partial charge in [0.15, 0.2) is 0 Å². The van der Waals surface area contributed by atoms with Crippen molar-refractivity contribution >= 4 is 11.9 Å². The molecule has 106 valence electrons. The molecule has 0 unspecified atom stereocenters. The highest BCUT2D eigenvalue weighted by molar-refractivity contribution is 6.03. The van der Waals surface area contributed by atoms with Crippen molar-refractivity contribution in [1.82, 2.24) is 5.32 Å². The standard InChI is InChI=1S/C14H21NO4/c1-3-5-7-9(13(16)17)11(14(18)19)12-10(15-12)8-6-4-2/h15H,3-8H2,1-2H3,(H,16,17)(H,18,19)/b11-9-. The van der Waals surface area contributed by atoms with Crippen molar-refractivity contribution in [3.8, 4) is 0 Å². The lowest BCUT2D eigenvalue weighted by molar-refractivity contribution is -0.135. The van der Waals surface area contributed by atoms with Crippen molar-refractivity contribution in [3.63, 3.8) is 0 Å². The molecule has 1 rings (SSSR count). The Hall–Kier alpha value is -1.78. The Kier molecular flexibility index (Phi) is 5.60. The molecule has 0 radical (unpaired) electrons. The quantitative estimate of drug-likeness (QED) is 0.558. The first-order valence-corrected chi connectivity index (χ1v) is 6.73. The number of carbonyl (C=O) groups is 2. The van der Waals surface area contributed by atoms with Crippen LogP contribution in [0.2, 0.25) is 0 Å². The first-order chi connectivity index (χ1) is 9.02. The van der Waals surface area contributed by atoms with Gasteiger partial charge in [0.2, 0.25) is 0 Å². The molecule has 0 bridgehead atoms. The van der Waals surface area contributed by atoms with Crippen LogP contribution in [0, 0.1) is 0 Å². The van der Waals surface area contributed by atoms with Gasteiger partial charge in [-0.2, -0.15) is 0 Å². The van der Waals surface area contributed by atoms with Gasteiger partial charge in [-0.15, -0.1) is 0 Å². The Labute approximate surface area is 113 Å². The third-order valence-electron chi connectivity index (χ3n) is 3.10. The van der Waals surface area contributed by atoms with E-state index >= 15 is 0 Å². The van der Waals surface area contributed by atoms with Gasteiger partial charge in [-0.25, -0.2) is 9.59 Å². The lowest BCUT2D eigenvalue weighted by Gasteiger charge is -2.04. The average Bonchev–Trinajstić information content (AvgIpc) is 3.09. The van der Waals surface area contributed by atoms with Gasteiger partial charge >= 0.3 is 11.9 Å². The number of rotatable bonds is 9. The van der Waals surface area contributed by atoms with Gasteiger partial charge in [0.25, 0.3) is 0 Å². The molecule has 0 aromatic rings. The highest BCUT2D eigenvalue weighted by atomic mass is 16.4. The van der Waals surface area contributed by atoms with E-state index in [4.69, 9.17) is 0 Å². The van der Waals surface area contributed by atoms with E-state index in [1.165, 1.54) is 0 Å². The van der Waals surface area contributed by atoms with Crippen LogP contribution >= 0.6 is 0 Å². The molecule has 19 heavy (non-hydrogen) atoms. The third-order valence-corrected chi connectivity index (χ3v) is 3.10. The highest BCUT2D eigenvalue weighted by Gasteiger charge is 2.32.